The zero-order valence-corrected chi connectivity index (χ0v) is 14.8. The average molecular weight is 293 g/mol. The second kappa shape index (κ2) is 6.28. The summed E-state index contributed by atoms with van der Waals surface area (Å²) in [5, 5.41) is 0. The first kappa shape index (κ1) is 15.8. The number of benzene rings is 1. The van der Waals surface area contributed by atoms with E-state index in [1.807, 2.05) is 36.4 Å². The van der Waals surface area contributed by atoms with Gasteiger partial charge in [-0.3, -0.25) is 0 Å². The molecule has 0 unspecified atom stereocenters. The molecular formula is C15H24O2Si2. The number of hydrogen-bond acceptors (Lipinski definition) is 2. The highest BCUT2D eigenvalue weighted by atomic mass is 28.4. The fraction of sp³-hybridized carbons (Fsp3) is 0.400. The van der Waals surface area contributed by atoms with E-state index in [0.29, 0.717) is 5.95 Å². The van der Waals surface area contributed by atoms with Gasteiger partial charge in [-0.2, -0.15) is 0 Å². The molecule has 0 saturated carbocycles. The molecule has 0 N–H and O–H groups in total. The van der Waals surface area contributed by atoms with Gasteiger partial charge < -0.3 is 8.85 Å². The molecule has 0 spiro atoms. The van der Waals surface area contributed by atoms with E-state index in [9.17, 15) is 0 Å². The first-order valence-corrected chi connectivity index (χ1v) is 13.4. The lowest BCUT2D eigenvalue weighted by molar-refractivity contribution is 0.218. The van der Waals surface area contributed by atoms with Gasteiger partial charge in [-0.15, -0.1) is 0 Å². The van der Waals surface area contributed by atoms with E-state index in [2.05, 4.69) is 45.0 Å². The predicted molar refractivity (Wildman–Crippen MR) is 86.8 cm³/mol. The van der Waals surface area contributed by atoms with Crippen molar-refractivity contribution in [1.29, 1.82) is 0 Å². The van der Waals surface area contributed by atoms with E-state index in [0.717, 1.165) is 5.56 Å². The summed E-state index contributed by atoms with van der Waals surface area (Å²) in [7, 11) is -3.36. The monoisotopic (exact) mass is 292 g/mol. The molecule has 0 aliphatic carbocycles. The van der Waals surface area contributed by atoms with Crippen LogP contribution in [0, 0.1) is 0 Å². The SMILES string of the molecule is C[Si](C)(C)OC(=C=Cc1ccccc1)O[Si](C)(C)C. The Labute approximate surface area is 119 Å². The summed E-state index contributed by atoms with van der Waals surface area (Å²) in [4.78, 5) is 0. The van der Waals surface area contributed by atoms with Gasteiger partial charge in [0.1, 0.15) is 0 Å². The van der Waals surface area contributed by atoms with Crippen LogP contribution in [-0.2, 0) is 8.85 Å². The van der Waals surface area contributed by atoms with Gasteiger partial charge >= 0.3 is 0 Å². The van der Waals surface area contributed by atoms with Gasteiger partial charge in [0.25, 0.3) is 5.95 Å². The molecule has 1 aromatic carbocycles. The fourth-order valence-electron chi connectivity index (χ4n) is 1.33. The highest BCUT2D eigenvalue weighted by Crippen LogP contribution is 2.16. The minimum absolute atomic E-state index is 0.544. The molecule has 19 heavy (non-hydrogen) atoms. The first-order chi connectivity index (χ1) is 8.66. The molecule has 0 fully saturated rings. The van der Waals surface area contributed by atoms with Crippen LogP contribution in [0.1, 0.15) is 5.56 Å². The maximum atomic E-state index is 5.96. The van der Waals surface area contributed by atoms with E-state index in [1.54, 1.807) is 0 Å². The molecule has 104 valence electrons. The predicted octanol–water partition coefficient (Wildman–Crippen LogP) is 4.84. The van der Waals surface area contributed by atoms with Crippen molar-refractivity contribution in [3.8, 4) is 0 Å². The Morgan fingerprint density at radius 2 is 1.37 bits per heavy atom. The molecule has 4 heteroatoms. The Morgan fingerprint density at radius 3 is 1.79 bits per heavy atom. The third-order valence-corrected chi connectivity index (χ3v) is 3.55. The molecule has 0 aliphatic heterocycles. The number of hydrogen-bond donors (Lipinski definition) is 0. The summed E-state index contributed by atoms with van der Waals surface area (Å²) in [6, 6.07) is 10.1. The van der Waals surface area contributed by atoms with Crippen molar-refractivity contribution in [1.82, 2.24) is 0 Å². The van der Waals surface area contributed by atoms with Crippen LogP contribution in [0.3, 0.4) is 0 Å². The molecule has 0 radical (unpaired) electrons. The van der Waals surface area contributed by atoms with Gasteiger partial charge in [0.05, 0.1) is 0 Å². The van der Waals surface area contributed by atoms with Gasteiger partial charge in [-0.25, -0.2) is 0 Å². The van der Waals surface area contributed by atoms with Crippen molar-refractivity contribution in [2.24, 2.45) is 0 Å². The summed E-state index contributed by atoms with van der Waals surface area (Å²) >= 11 is 0. The van der Waals surface area contributed by atoms with Crippen molar-refractivity contribution in [2.45, 2.75) is 39.3 Å². The lowest BCUT2D eigenvalue weighted by atomic mass is 10.2. The third kappa shape index (κ3) is 7.72. The lowest BCUT2D eigenvalue weighted by Gasteiger charge is -2.25. The van der Waals surface area contributed by atoms with Crippen LogP contribution >= 0.6 is 0 Å². The summed E-state index contributed by atoms with van der Waals surface area (Å²) in [5.74, 6) is 0.544. The fourth-order valence-corrected chi connectivity index (χ4v) is 2.72. The Balaban J connectivity index is 2.99. The Bertz CT molecular complexity index is 443. The molecular weight excluding hydrogens is 268 g/mol. The van der Waals surface area contributed by atoms with Crippen LogP contribution in [0.5, 0.6) is 0 Å². The molecule has 0 amide bonds. The Kier molecular flexibility index (Phi) is 5.23. The topological polar surface area (TPSA) is 18.5 Å². The Morgan fingerprint density at radius 1 is 0.895 bits per heavy atom. The molecule has 0 aliphatic rings. The summed E-state index contributed by atoms with van der Waals surface area (Å²) in [6.45, 7) is 12.9. The smallest absolute Gasteiger partial charge is 0.299 e. The van der Waals surface area contributed by atoms with Crippen LogP contribution in [0.2, 0.25) is 39.3 Å². The van der Waals surface area contributed by atoms with Crippen molar-refractivity contribution >= 4 is 22.7 Å². The van der Waals surface area contributed by atoms with Crippen molar-refractivity contribution in [3.63, 3.8) is 0 Å². The highest BCUT2D eigenvalue weighted by molar-refractivity contribution is 6.71. The summed E-state index contributed by atoms with van der Waals surface area (Å²) in [6.07, 6.45) is 1.91. The van der Waals surface area contributed by atoms with E-state index >= 15 is 0 Å². The normalized spacial score (nSPS) is 11.5. The van der Waals surface area contributed by atoms with E-state index in [-0.39, 0.29) is 0 Å². The van der Waals surface area contributed by atoms with Crippen LogP contribution in [-0.4, -0.2) is 16.6 Å². The van der Waals surface area contributed by atoms with Crippen LogP contribution in [0.15, 0.2) is 42.0 Å². The largest absolute Gasteiger partial charge is 0.515 e. The van der Waals surface area contributed by atoms with Gasteiger partial charge in [-0.05, 0) is 56.7 Å². The van der Waals surface area contributed by atoms with Gasteiger partial charge in [0, 0.05) is 0 Å². The second-order valence-corrected chi connectivity index (χ2v) is 15.3. The molecule has 1 rings (SSSR count). The van der Waals surface area contributed by atoms with E-state index < -0.39 is 16.6 Å². The van der Waals surface area contributed by atoms with E-state index in [4.69, 9.17) is 8.85 Å². The lowest BCUT2D eigenvalue weighted by Crippen LogP contribution is -2.31. The van der Waals surface area contributed by atoms with Crippen molar-refractivity contribution in [2.75, 3.05) is 0 Å². The zero-order chi connectivity index (χ0) is 14.5. The molecule has 0 heterocycles. The van der Waals surface area contributed by atoms with Crippen molar-refractivity contribution in [3.05, 3.63) is 47.6 Å². The maximum Gasteiger partial charge on any atom is 0.299 e. The standard InChI is InChI=1S/C15H24O2Si2/c1-18(2,3)16-15(17-19(4,5)6)13-12-14-10-8-7-9-11-14/h7-12H,1-6H3. The molecule has 1 aromatic rings. The van der Waals surface area contributed by atoms with Crippen LogP contribution in [0.25, 0.3) is 6.08 Å². The summed E-state index contributed by atoms with van der Waals surface area (Å²) < 4.78 is 11.9. The van der Waals surface area contributed by atoms with Gasteiger partial charge in [0.2, 0.25) is 16.6 Å². The van der Waals surface area contributed by atoms with E-state index in [1.165, 1.54) is 0 Å². The Hall–Kier alpha value is -1.23. The van der Waals surface area contributed by atoms with Crippen molar-refractivity contribution < 1.29 is 8.85 Å². The number of rotatable bonds is 5. The van der Waals surface area contributed by atoms with Gasteiger partial charge in [-0.1, -0.05) is 30.3 Å². The maximum absolute atomic E-state index is 5.96. The highest BCUT2D eigenvalue weighted by Gasteiger charge is 2.23. The summed E-state index contributed by atoms with van der Waals surface area (Å²) in [5.41, 5.74) is 4.26. The second-order valence-electron chi connectivity index (χ2n) is 6.42. The minimum Gasteiger partial charge on any atom is -0.515 e. The first-order valence-electron chi connectivity index (χ1n) is 6.55. The van der Waals surface area contributed by atoms with Gasteiger partial charge in [0.15, 0.2) is 0 Å². The minimum atomic E-state index is -1.68. The quantitative estimate of drug-likeness (QED) is 0.439. The molecule has 0 saturated heterocycles. The molecule has 2 nitrogen and oxygen atoms in total. The average Bonchev–Trinajstić information content (AvgIpc) is 2.23. The zero-order valence-electron chi connectivity index (χ0n) is 12.8. The third-order valence-electron chi connectivity index (χ3n) is 1.95. The van der Waals surface area contributed by atoms with Crippen LogP contribution < -0.4 is 0 Å². The molecule has 0 atom stereocenters. The molecule has 0 aromatic heterocycles. The molecule has 0 bridgehead atoms. The van der Waals surface area contributed by atoms with Crippen LogP contribution in [0.4, 0.5) is 0 Å².